The standard InChI is InChI=1S/C18H23BrN2/c1-14-4-6-15(7-5-14)12-21(3)13-17-9-8-16(11-20-2)10-18(17)19/h4-10,20H,11-13H2,1-3H3. The van der Waals surface area contributed by atoms with Crippen LogP contribution in [-0.2, 0) is 19.6 Å². The van der Waals surface area contributed by atoms with Crippen molar-refractivity contribution < 1.29 is 0 Å². The van der Waals surface area contributed by atoms with E-state index >= 15 is 0 Å². The van der Waals surface area contributed by atoms with Crippen molar-refractivity contribution in [1.29, 1.82) is 0 Å². The molecule has 3 heteroatoms. The van der Waals surface area contributed by atoms with Crippen molar-refractivity contribution in [2.24, 2.45) is 0 Å². The van der Waals surface area contributed by atoms with Gasteiger partial charge in [-0.25, -0.2) is 0 Å². The van der Waals surface area contributed by atoms with Gasteiger partial charge in [0.15, 0.2) is 0 Å². The van der Waals surface area contributed by atoms with Crippen LogP contribution in [-0.4, -0.2) is 19.0 Å². The van der Waals surface area contributed by atoms with E-state index in [1.165, 1.54) is 26.7 Å². The van der Waals surface area contributed by atoms with Crippen LogP contribution >= 0.6 is 15.9 Å². The van der Waals surface area contributed by atoms with E-state index in [0.717, 1.165) is 19.6 Å². The van der Waals surface area contributed by atoms with E-state index in [-0.39, 0.29) is 0 Å². The van der Waals surface area contributed by atoms with Gasteiger partial charge in [0.1, 0.15) is 0 Å². The number of nitrogens with zero attached hydrogens (tertiary/aromatic N) is 1. The molecule has 0 spiro atoms. The lowest BCUT2D eigenvalue weighted by Gasteiger charge is -2.18. The lowest BCUT2D eigenvalue weighted by Crippen LogP contribution is -2.17. The van der Waals surface area contributed by atoms with Gasteiger partial charge in [-0.15, -0.1) is 0 Å². The van der Waals surface area contributed by atoms with E-state index in [4.69, 9.17) is 0 Å². The number of rotatable bonds is 6. The zero-order valence-electron chi connectivity index (χ0n) is 13.0. The Morgan fingerprint density at radius 1 is 1.00 bits per heavy atom. The lowest BCUT2D eigenvalue weighted by molar-refractivity contribution is 0.318. The van der Waals surface area contributed by atoms with Crippen molar-refractivity contribution >= 4 is 15.9 Å². The largest absolute Gasteiger partial charge is 0.316 e. The first-order valence-corrected chi connectivity index (χ1v) is 8.04. The molecule has 1 N–H and O–H groups in total. The fourth-order valence-electron chi connectivity index (χ4n) is 2.38. The molecule has 0 atom stereocenters. The first kappa shape index (κ1) is 16.2. The van der Waals surface area contributed by atoms with Crippen LogP contribution in [0.4, 0.5) is 0 Å². The summed E-state index contributed by atoms with van der Waals surface area (Å²) < 4.78 is 1.19. The van der Waals surface area contributed by atoms with E-state index in [2.05, 4.69) is 82.6 Å². The van der Waals surface area contributed by atoms with E-state index < -0.39 is 0 Å². The van der Waals surface area contributed by atoms with E-state index in [1.54, 1.807) is 0 Å². The molecule has 0 radical (unpaired) electrons. The third kappa shape index (κ3) is 4.95. The minimum absolute atomic E-state index is 0.901. The Bertz CT molecular complexity index is 578. The van der Waals surface area contributed by atoms with Crippen LogP contribution in [0.3, 0.4) is 0 Å². The number of aryl methyl sites for hydroxylation is 1. The Balaban J connectivity index is 1.98. The van der Waals surface area contributed by atoms with Gasteiger partial charge in [-0.05, 0) is 43.8 Å². The molecule has 0 amide bonds. The van der Waals surface area contributed by atoms with Crippen LogP contribution in [0.1, 0.15) is 22.3 Å². The first-order chi connectivity index (χ1) is 10.1. The average molecular weight is 347 g/mol. The second-order valence-electron chi connectivity index (χ2n) is 5.61. The predicted molar refractivity (Wildman–Crippen MR) is 93.3 cm³/mol. The number of nitrogens with one attached hydrogen (secondary N) is 1. The zero-order chi connectivity index (χ0) is 15.2. The van der Waals surface area contributed by atoms with E-state index in [1.807, 2.05) is 7.05 Å². The van der Waals surface area contributed by atoms with E-state index in [0.29, 0.717) is 0 Å². The average Bonchev–Trinajstić information content (AvgIpc) is 2.45. The Hall–Kier alpha value is -1.16. The van der Waals surface area contributed by atoms with Gasteiger partial charge >= 0.3 is 0 Å². The Kier molecular flexibility index (Phi) is 5.97. The first-order valence-electron chi connectivity index (χ1n) is 7.24. The predicted octanol–water partition coefficient (Wildman–Crippen LogP) is 4.11. The highest BCUT2D eigenvalue weighted by Crippen LogP contribution is 2.20. The van der Waals surface area contributed by atoms with Crippen molar-refractivity contribution in [2.75, 3.05) is 14.1 Å². The number of hydrogen-bond acceptors (Lipinski definition) is 2. The van der Waals surface area contributed by atoms with Gasteiger partial charge in [0.25, 0.3) is 0 Å². The molecule has 2 rings (SSSR count). The Labute approximate surface area is 136 Å². The van der Waals surface area contributed by atoms with Crippen LogP contribution in [0.15, 0.2) is 46.9 Å². The van der Waals surface area contributed by atoms with Crippen molar-refractivity contribution in [1.82, 2.24) is 10.2 Å². The highest BCUT2D eigenvalue weighted by molar-refractivity contribution is 9.10. The fraction of sp³-hybridized carbons (Fsp3) is 0.333. The normalized spacial score (nSPS) is 11.1. The molecule has 2 aromatic rings. The van der Waals surface area contributed by atoms with Crippen molar-refractivity contribution in [3.63, 3.8) is 0 Å². The molecule has 0 unspecified atom stereocenters. The molecule has 112 valence electrons. The highest BCUT2D eigenvalue weighted by atomic mass is 79.9. The van der Waals surface area contributed by atoms with Crippen molar-refractivity contribution in [3.8, 4) is 0 Å². The van der Waals surface area contributed by atoms with Crippen LogP contribution in [0, 0.1) is 6.92 Å². The quantitative estimate of drug-likeness (QED) is 0.846. The van der Waals surface area contributed by atoms with Gasteiger partial charge in [-0.2, -0.15) is 0 Å². The number of benzene rings is 2. The summed E-state index contributed by atoms with van der Waals surface area (Å²) in [6.45, 7) is 4.93. The summed E-state index contributed by atoms with van der Waals surface area (Å²) in [5.41, 5.74) is 5.29. The molecule has 0 aliphatic heterocycles. The fourth-order valence-corrected chi connectivity index (χ4v) is 2.94. The summed E-state index contributed by atoms with van der Waals surface area (Å²) in [6, 6.07) is 15.4. The van der Waals surface area contributed by atoms with Gasteiger partial charge in [0.2, 0.25) is 0 Å². The second-order valence-corrected chi connectivity index (χ2v) is 6.47. The molecule has 0 aliphatic carbocycles. The molecule has 0 aliphatic rings. The minimum atomic E-state index is 0.901. The van der Waals surface area contributed by atoms with Crippen LogP contribution in [0.5, 0.6) is 0 Å². The maximum Gasteiger partial charge on any atom is 0.0245 e. The summed E-state index contributed by atoms with van der Waals surface area (Å²) in [5, 5.41) is 3.18. The van der Waals surface area contributed by atoms with E-state index in [9.17, 15) is 0 Å². The van der Waals surface area contributed by atoms with Gasteiger partial charge in [-0.3, -0.25) is 4.90 Å². The molecular formula is C18H23BrN2. The van der Waals surface area contributed by atoms with Crippen molar-refractivity contribution in [2.45, 2.75) is 26.6 Å². The molecule has 21 heavy (non-hydrogen) atoms. The second kappa shape index (κ2) is 7.74. The van der Waals surface area contributed by atoms with Crippen LogP contribution < -0.4 is 5.32 Å². The summed E-state index contributed by atoms with van der Waals surface area (Å²) in [4.78, 5) is 2.34. The molecule has 0 saturated carbocycles. The molecular weight excluding hydrogens is 324 g/mol. The summed E-state index contributed by atoms with van der Waals surface area (Å²) in [7, 11) is 4.13. The molecule has 2 aromatic carbocycles. The maximum atomic E-state index is 3.69. The van der Waals surface area contributed by atoms with Crippen LogP contribution in [0.25, 0.3) is 0 Å². The van der Waals surface area contributed by atoms with Gasteiger partial charge in [0, 0.05) is 24.1 Å². The molecule has 0 bridgehead atoms. The van der Waals surface area contributed by atoms with Crippen molar-refractivity contribution in [3.05, 3.63) is 69.2 Å². The molecule has 0 saturated heterocycles. The maximum absolute atomic E-state index is 3.69. The monoisotopic (exact) mass is 346 g/mol. The number of halogens is 1. The van der Waals surface area contributed by atoms with Gasteiger partial charge in [0.05, 0.1) is 0 Å². The minimum Gasteiger partial charge on any atom is -0.316 e. The van der Waals surface area contributed by atoms with Gasteiger partial charge in [-0.1, -0.05) is 57.9 Å². The van der Waals surface area contributed by atoms with Gasteiger partial charge < -0.3 is 5.32 Å². The molecule has 0 fully saturated rings. The SMILES string of the molecule is CNCc1ccc(CN(C)Cc2ccc(C)cc2)c(Br)c1. The third-order valence-electron chi connectivity index (χ3n) is 3.51. The summed E-state index contributed by atoms with van der Waals surface area (Å²) in [6.07, 6.45) is 0. The Morgan fingerprint density at radius 3 is 2.29 bits per heavy atom. The Morgan fingerprint density at radius 2 is 1.67 bits per heavy atom. The highest BCUT2D eigenvalue weighted by Gasteiger charge is 2.06. The smallest absolute Gasteiger partial charge is 0.0245 e. The zero-order valence-corrected chi connectivity index (χ0v) is 14.6. The molecule has 2 nitrogen and oxygen atoms in total. The number of hydrogen-bond donors (Lipinski definition) is 1. The molecule has 0 heterocycles. The summed E-state index contributed by atoms with van der Waals surface area (Å²) >= 11 is 3.69. The summed E-state index contributed by atoms with van der Waals surface area (Å²) in [5.74, 6) is 0. The third-order valence-corrected chi connectivity index (χ3v) is 4.25. The molecule has 0 aromatic heterocycles. The lowest BCUT2D eigenvalue weighted by atomic mass is 10.1. The topological polar surface area (TPSA) is 15.3 Å². The van der Waals surface area contributed by atoms with Crippen LogP contribution in [0.2, 0.25) is 0 Å².